The highest BCUT2D eigenvalue weighted by Gasteiger charge is 2.18. The van der Waals surface area contributed by atoms with Crippen molar-refractivity contribution in [2.24, 2.45) is 11.7 Å². The Balaban J connectivity index is 0.00000128. The molecular formula is C11H21ClN4. The fourth-order valence-electron chi connectivity index (χ4n) is 2.16. The molecule has 0 bridgehead atoms. The van der Waals surface area contributed by atoms with E-state index in [1.54, 1.807) is 0 Å². The number of piperidine rings is 1. The van der Waals surface area contributed by atoms with Crippen molar-refractivity contribution in [2.45, 2.75) is 26.3 Å². The highest BCUT2D eigenvalue weighted by atomic mass is 35.5. The third-order valence-electron chi connectivity index (χ3n) is 3.37. The Hall–Kier alpha value is -0.580. The number of aromatic amines is 1. The van der Waals surface area contributed by atoms with E-state index < -0.39 is 0 Å². The summed E-state index contributed by atoms with van der Waals surface area (Å²) in [5, 5.41) is 7.03. The molecule has 92 valence electrons. The summed E-state index contributed by atoms with van der Waals surface area (Å²) in [7, 11) is 0. The fraction of sp³-hybridized carbons (Fsp3) is 0.727. The lowest BCUT2D eigenvalue weighted by Crippen LogP contribution is -2.35. The molecule has 0 amide bonds. The summed E-state index contributed by atoms with van der Waals surface area (Å²) in [6, 6.07) is 0. The highest BCUT2D eigenvalue weighted by molar-refractivity contribution is 5.85. The molecule has 0 saturated carbocycles. The second kappa shape index (κ2) is 6.23. The normalized spacial score (nSPS) is 18.4. The van der Waals surface area contributed by atoms with Gasteiger partial charge < -0.3 is 5.73 Å². The van der Waals surface area contributed by atoms with Gasteiger partial charge in [0.25, 0.3) is 0 Å². The largest absolute Gasteiger partial charge is 0.330 e. The first-order valence-electron chi connectivity index (χ1n) is 5.71. The predicted octanol–water partition coefficient (Wildman–Crippen LogP) is 1.31. The summed E-state index contributed by atoms with van der Waals surface area (Å²) in [4.78, 5) is 2.49. The number of hydrogen-bond donors (Lipinski definition) is 2. The lowest BCUT2D eigenvalue weighted by molar-refractivity contribution is 0.180. The summed E-state index contributed by atoms with van der Waals surface area (Å²) < 4.78 is 0. The molecule has 1 aliphatic heterocycles. The van der Waals surface area contributed by atoms with Gasteiger partial charge in [-0.15, -0.1) is 12.4 Å². The van der Waals surface area contributed by atoms with Crippen LogP contribution in [0.15, 0.2) is 6.20 Å². The molecule has 2 heterocycles. The first-order chi connectivity index (χ1) is 7.29. The molecule has 0 aromatic carbocycles. The molecule has 0 spiro atoms. The molecule has 1 fully saturated rings. The van der Waals surface area contributed by atoms with Gasteiger partial charge in [-0.2, -0.15) is 5.10 Å². The number of H-pyrrole nitrogens is 1. The number of aromatic nitrogens is 2. The maximum Gasteiger partial charge on any atom is 0.0535 e. The average Bonchev–Trinajstić information content (AvgIpc) is 2.66. The van der Waals surface area contributed by atoms with Crippen LogP contribution in [0.5, 0.6) is 0 Å². The van der Waals surface area contributed by atoms with Crippen LogP contribution in [-0.2, 0) is 6.54 Å². The Kier molecular flexibility index (Phi) is 5.25. The molecule has 5 heteroatoms. The van der Waals surface area contributed by atoms with E-state index in [1.165, 1.54) is 37.2 Å². The summed E-state index contributed by atoms with van der Waals surface area (Å²) in [6.07, 6.45) is 4.42. The maximum absolute atomic E-state index is 5.68. The summed E-state index contributed by atoms with van der Waals surface area (Å²) >= 11 is 0. The van der Waals surface area contributed by atoms with E-state index in [4.69, 9.17) is 5.73 Å². The van der Waals surface area contributed by atoms with Crippen molar-refractivity contribution in [3.63, 3.8) is 0 Å². The minimum absolute atomic E-state index is 0. The van der Waals surface area contributed by atoms with E-state index in [0.717, 1.165) is 19.0 Å². The Morgan fingerprint density at radius 1 is 1.50 bits per heavy atom. The SMILES string of the molecule is Cc1[nH]ncc1CN1CCC(CN)CC1.Cl. The number of nitrogens with one attached hydrogen (secondary N) is 1. The molecule has 4 nitrogen and oxygen atoms in total. The number of aryl methyl sites for hydroxylation is 1. The summed E-state index contributed by atoms with van der Waals surface area (Å²) in [5.74, 6) is 0.742. The molecule has 1 aromatic heterocycles. The number of nitrogens with zero attached hydrogens (tertiary/aromatic N) is 2. The number of likely N-dealkylation sites (tertiary alicyclic amines) is 1. The van der Waals surface area contributed by atoms with Gasteiger partial charge in [-0.05, 0) is 45.3 Å². The van der Waals surface area contributed by atoms with Crippen LogP contribution in [0.2, 0.25) is 0 Å². The van der Waals surface area contributed by atoms with Crippen LogP contribution in [0.1, 0.15) is 24.1 Å². The highest BCUT2D eigenvalue weighted by Crippen LogP contribution is 2.18. The monoisotopic (exact) mass is 244 g/mol. The minimum atomic E-state index is 0. The van der Waals surface area contributed by atoms with Gasteiger partial charge >= 0.3 is 0 Å². The van der Waals surface area contributed by atoms with E-state index in [2.05, 4.69) is 22.0 Å². The molecule has 1 saturated heterocycles. The van der Waals surface area contributed by atoms with E-state index in [1.807, 2.05) is 6.20 Å². The fourth-order valence-corrected chi connectivity index (χ4v) is 2.16. The molecule has 0 atom stereocenters. The molecule has 3 N–H and O–H groups in total. The Morgan fingerprint density at radius 2 is 2.19 bits per heavy atom. The zero-order valence-electron chi connectivity index (χ0n) is 9.78. The Labute approximate surface area is 103 Å². The quantitative estimate of drug-likeness (QED) is 0.843. The Morgan fingerprint density at radius 3 is 2.69 bits per heavy atom. The lowest BCUT2D eigenvalue weighted by Gasteiger charge is -2.31. The summed E-state index contributed by atoms with van der Waals surface area (Å²) in [5.41, 5.74) is 8.19. The van der Waals surface area contributed by atoms with Crippen LogP contribution in [0.4, 0.5) is 0 Å². The predicted molar refractivity (Wildman–Crippen MR) is 67.6 cm³/mol. The molecule has 1 aliphatic rings. The van der Waals surface area contributed by atoms with Crippen LogP contribution in [0.3, 0.4) is 0 Å². The van der Waals surface area contributed by atoms with E-state index >= 15 is 0 Å². The van der Waals surface area contributed by atoms with Gasteiger partial charge in [0.05, 0.1) is 6.20 Å². The van der Waals surface area contributed by atoms with Crippen LogP contribution < -0.4 is 5.73 Å². The number of nitrogens with two attached hydrogens (primary N) is 1. The van der Waals surface area contributed by atoms with E-state index in [-0.39, 0.29) is 12.4 Å². The number of hydrogen-bond acceptors (Lipinski definition) is 3. The minimum Gasteiger partial charge on any atom is -0.330 e. The van der Waals surface area contributed by atoms with Gasteiger partial charge in [0, 0.05) is 17.8 Å². The third kappa shape index (κ3) is 3.20. The van der Waals surface area contributed by atoms with Crippen LogP contribution in [-0.4, -0.2) is 34.7 Å². The first kappa shape index (κ1) is 13.5. The Bertz CT molecular complexity index is 305. The van der Waals surface area contributed by atoms with Gasteiger partial charge in [0.1, 0.15) is 0 Å². The molecule has 1 aromatic rings. The number of rotatable bonds is 3. The van der Waals surface area contributed by atoms with Crippen molar-refractivity contribution in [1.29, 1.82) is 0 Å². The second-order valence-electron chi connectivity index (χ2n) is 4.48. The molecule has 0 radical (unpaired) electrons. The van der Waals surface area contributed by atoms with E-state index in [9.17, 15) is 0 Å². The first-order valence-corrected chi connectivity index (χ1v) is 5.71. The smallest absolute Gasteiger partial charge is 0.0535 e. The second-order valence-corrected chi connectivity index (χ2v) is 4.48. The van der Waals surface area contributed by atoms with Gasteiger partial charge in [-0.1, -0.05) is 0 Å². The van der Waals surface area contributed by atoms with Crippen molar-refractivity contribution in [1.82, 2.24) is 15.1 Å². The van der Waals surface area contributed by atoms with Crippen molar-refractivity contribution in [2.75, 3.05) is 19.6 Å². The van der Waals surface area contributed by atoms with Crippen molar-refractivity contribution < 1.29 is 0 Å². The molecular weight excluding hydrogens is 224 g/mol. The molecule has 2 rings (SSSR count). The standard InChI is InChI=1S/C11H20N4.ClH/c1-9-11(7-13-14-9)8-15-4-2-10(6-12)3-5-15;/h7,10H,2-6,8,12H2,1H3,(H,13,14);1H. The lowest BCUT2D eigenvalue weighted by atomic mass is 9.97. The van der Waals surface area contributed by atoms with Crippen LogP contribution in [0.25, 0.3) is 0 Å². The van der Waals surface area contributed by atoms with Crippen molar-refractivity contribution in [3.05, 3.63) is 17.5 Å². The van der Waals surface area contributed by atoms with Gasteiger partial charge in [-0.3, -0.25) is 10.00 Å². The molecule has 16 heavy (non-hydrogen) atoms. The van der Waals surface area contributed by atoms with E-state index in [0.29, 0.717) is 0 Å². The number of halogens is 1. The van der Waals surface area contributed by atoms with Gasteiger partial charge in [-0.25, -0.2) is 0 Å². The maximum atomic E-state index is 5.68. The van der Waals surface area contributed by atoms with Crippen LogP contribution >= 0.6 is 12.4 Å². The molecule has 0 aliphatic carbocycles. The van der Waals surface area contributed by atoms with Gasteiger partial charge in [0.2, 0.25) is 0 Å². The van der Waals surface area contributed by atoms with Gasteiger partial charge in [0.15, 0.2) is 0 Å². The zero-order valence-corrected chi connectivity index (χ0v) is 10.6. The third-order valence-corrected chi connectivity index (χ3v) is 3.37. The van der Waals surface area contributed by atoms with Crippen molar-refractivity contribution in [3.8, 4) is 0 Å². The van der Waals surface area contributed by atoms with Crippen LogP contribution in [0, 0.1) is 12.8 Å². The van der Waals surface area contributed by atoms with Crippen molar-refractivity contribution >= 4 is 12.4 Å². The topological polar surface area (TPSA) is 57.9 Å². The zero-order chi connectivity index (χ0) is 10.7. The average molecular weight is 245 g/mol. The summed E-state index contributed by atoms with van der Waals surface area (Å²) in [6.45, 7) is 6.30. The molecule has 0 unspecified atom stereocenters.